The fourth-order valence-electron chi connectivity index (χ4n) is 0.324. The maximum atomic E-state index is 5.16. The van der Waals surface area contributed by atoms with Gasteiger partial charge in [-0.05, 0) is 6.08 Å². The van der Waals surface area contributed by atoms with E-state index in [-0.39, 0.29) is 6.10 Å². The second-order valence-corrected chi connectivity index (χ2v) is 1.24. The minimum absolute atomic E-state index is 0.213. The molecular formula is C4H7NO. The van der Waals surface area contributed by atoms with E-state index in [1.165, 1.54) is 0 Å². The highest BCUT2D eigenvalue weighted by Crippen LogP contribution is 2.01. The maximum absolute atomic E-state index is 5.16. The zero-order chi connectivity index (χ0) is 4.41. The smallest absolute Gasteiger partial charge is 0.131 e. The molecule has 0 radical (unpaired) electrons. The molecule has 0 aromatic carbocycles. The monoisotopic (exact) mass is 85.1 g/mol. The molecule has 0 aromatic heterocycles. The Labute approximate surface area is 36.6 Å². The Hall–Kier alpha value is -0.500. The Morgan fingerprint density at radius 1 is 1.83 bits per heavy atom. The van der Waals surface area contributed by atoms with Crippen molar-refractivity contribution in [3.63, 3.8) is 0 Å². The van der Waals surface area contributed by atoms with E-state index in [1.54, 1.807) is 6.26 Å². The molecule has 0 aliphatic carbocycles. The molecule has 1 aliphatic heterocycles. The van der Waals surface area contributed by atoms with Crippen LogP contribution in [0.25, 0.3) is 0 Å². The van der Waals surface area contributed by atoms with Gasteiger partial charge in [0.25, 0.3) is 0 Å². The highest BCUT2D eigenvalue weighted by Gasteiger charge is 2.05. The van der Waals surface area contributed by atoms with Crippen molar-refractivity contribution in [2.75, 3.05) is 6.54 Å². The van der Waals surface area contributed by atoms with E-state index in [0.29, 0.717) is 6.54 Å². The van der Waals surface area contributed by atoms with Gasteiger partial charge in [-0.15, -0.1) is 0 Å². The van der Waals surface area contributed by atoms with E-state index in [9.17, 15) is 0 Å². The van der Waals surface area contributed by atoms with Crippen molar-refractivity contribution in [1.82, 2.24) is 0 Å². The number of hydrogen-bond acceptors (Lipinski definition) is 2. The average molecular weight is 85.1 g/mol. The number of hydrogen-bond donors (Lipinski definition) is 1. The molecule has 0 spiro atoms. The lowest BCUT2D eigenvalue weighted by atomic mass is 10.3. The van der Waals surface area contributed by atoms with E-state index in [4.69, 9.17) is 10.5 Å². The van der Waals surface area contributed by atoms with Gasteiger partial charge < -0.3 is 10.5 Å². The Balaban J connectivity index is 2.21. The van der Waals surface area contributed by atoms with Gasteiger partial charge in [0, 0.05) is 6.54 Å². The zero-order valence-corrected chi connectivity index (χ0v) is 3.42. The lowest BCUT2D eigenvalue weighted by molar-refractivity contribution is 0.147. The van der Waals surface area contributed by atoms with Crippen LogP contribution in [0.2, 0.25) is 0 Å². The fourth-order valence-corrected chi connectivity index (χ4v) is 0.324. The van der Waals surface area contributed by atoms with Crippen molar-refractivity contribution in [3.05, 3.63) is 12.3 Å². The third kappa shape index (κ3) is 0.389. The normalized spacial score (nSPS) is 28.5. The summed E-state index contributed by atoms with van der Waals surface area (Å²) in [6.07, 6.45) is 3.79. The highest BCUT2D eigenvalue weighted by atomic mass is 16.5. The van der Waals surface area contributed by atoms with Gasteiger partial charge in [0.2, 0.25) is 0 Å². The summed E-state index contributed by atoms with van der Waals surface area (Å²) in [6.45, 7) is 0.608. The van der Waals surface area contributed by atoms with Crippen molar-refractivity contribution in [2.45, 2.75) is 6.10 Å². The third-order valence-corrected chi connectivity index (χ3v) is 0.779. The predicted octanol–water partition coefficient (Wildman–Crippen LogP) is -0.142. The minimum atomic E-state index is 0.213. The van der Waals surface area contributed by atoms with E-state index >= 15 is 0 Å². The summed E-state index contributed by atoms with van der Waals surface area (Å²) < 4.78 is 4.77. The van der Waals surface area contributed by atoms with Crippen LogP contribution < -0.4 is 5.73 Å². The summed E-state index contributed by atoms with van der Waals surface area (Å²) in [5.74, 6) is 0. The highest BCUT2D eigenvalue weighted by molar-refractivity contribution is 4.94. The Bertz CT molecular complexity index is 69.9. The number of nitrogens with two attached hydrogens (primary N) is 1. The summed E-state index contributed by atoms with van der Waals surface area (Å²) in [4.78, 5) is 0. The molecule has 0 fully saturated rings. The Morgan fingerprint density at radius 3 is 2.50 bits per heavy atom. The number of ether oxygens (including phenoxy) is 1. The lowest BCUT2D eigenvalue weighted by Crippen LogP contribution is -2.24. The van der Waals surface area contributed by atoms with E-state index in [1.807, 2.05) is 6.08 Å². The first-order valence-corrected chi connectivity index (χ1v) is 1.95. The zero-order valence-electron chi connectivity index (χ0n) is 3.42. The van der Waals surface area contributed by atoms with Gasteiger partial charge >= 0.3 is 0 Å². The molecule has 1 rings (SSSR count). The van der Waals surface area contributed by atoms with Crippen LogP contribution in [0.5, 0.6) is 0 Å². The summed E-state index contributed by atoms with van der Waals surface area (Å²) in [6, 6.07) is 0. The first-order chi connectivity index (χ1) is 2.93. The summed E-state index contributed by atoms with van der Waals surface area (Å²) in [7, 11) is 0. The summed E-state index contributed by atoms with van der Waals surface area (Å²) >= 11 is 0. The predicted molar refractivity (Wildman–Crippen MR) is 23.1 cm³/mol. The molecule has 0 aromatic rings. The number of rotatable bonds is 1. The Morgan fingerprint density at radius 2 is 2.50 bits per heavy atom. The molecule has 1 unspecified atom stereocenters. The molecule has 0 saturated carbocycles. The van der Waals surface area contributed by atoms with Crippen molar-refractivity contribution in [1.29, 1.82) is 0 Å². The van der Waals surface area contributed by atoms with Crippen molar-refractivity contribution in [3.8, 4) is 0 Å². The van der Waals surface area contributed by atoms with E-state index < -0.39 is 0 Å². The molecule has 0 amide bonds. The lowest BCUT2D eigenvalue weighted by Gasteiger charge is -2.16. The molecule has 34 valence electrons. The second kappa shape index (κ2) is 1.30. The van der Waals surface area contributed by atoms with Crippen molar-refractivity contribution < 1.29 is 4.74 Å². The largest absolute Gasteiger partial charge is 0.493 e. The molecule has 2 N–H and O–H groups in total. The molecule has 6 heavy (non-hydrogen) atoms. The Kier molecular flexibility index (Phi) is 0.801. The van der Waals surface area contributed by atoms with Gasteiger partial charge in [-0.3, -0.25) is 0 Å². The van der Waals surface area contributed by atoms with Crippen molar-refractivity contribution in [2.24, 2.45) is 5.73 Å². The fraction of sp³-hybridized carbons (Fsp3) is 0.500. The van der Waals surface area contributed by atoms with Gasteiger partial charge in [-0.25, -0.2) is 0 Å². The van der Waals surface area contributed by atoms with Crippen LogP contribution >= 0.6 is 0 Å². The van der Waals surface area contributed by atoms with Crippen LogP contribution in [0, 0.1) is 0 Å². The van der Waals surface area contributed by atoms with Crippen molar-refractivity contribution >= 4 is 0 Å². The molecule has 0 bridgehead atoms. The van der Waals surface area contributed by atoms with Gasteiger partial charge in [0.1, 0.15) is 6.10 Å². The molecule has 1 heterocycles. The van der Waals surface area contributed by atoms with Crippen LogP contribution in [0.1, 0.15) is 0 Å². The van der Waals surface area contributed by atoms with Crippen LogP contribution in [0.3, 0.4) is 0 Å². The quantitative estimate of drug-likeness (QED) is 0.481. The van der Waals surface area contributed by atoms with Crippen LogP contribution in [0.15, 0.2) is 12.3 Å². The summed E-state index contributed by atoms with van der Waals surface area (Å²) in [5, 5.41) is 0. The molecular weight excluding hydrogens is 78.0 g/mol. The van der Waals surface area contributed by atoms with Crippen LogP contribution in [0.4, 0.5) is 0 Å². The van der Waals surface area contributed by atoms with Gasteiger partial charge in [-0.1, -0.05) is 0 Å². The van der Waals surface area contributed by atoms with Gasteiger partial charge in [0.05, 0.1) is 6.26 Å². The van der Waals surface area contributed by atoms with E-state index in [0.717, 1.165) is 0 Å². The average Bonchev–Trinajstić information content (AvgIpc) is 1.31. The molecule has 0 saturated heterocycles. The third-order valence-electron chi connectivity index (χ3n) is 0.779. The van der Waals surface area contributed by atoms with E-state index in [2.05, 4.69) is 0 Å². The molecule has 2 nitrogen and oxygen atoms in total. The maximum Gasteiger partial charge on any atom is 0.131 e. The standard InChI is InChI=1S/C4H7NO/c5-3-4-1-2-6-4/h1-2,4H,3,5H2. The van der Waals surface area contributed by atoms with Crippen LogP contribution in [-0.4, -0.2) is 12.6 Å². The molecule has 1 atom stereocenters. The first kappa shape index (κ1) is 3.68. The van der Waals surface area contributed by atoms with Crippen LogP contribution in [-0.2, 0) is 4.74 Å². The summed E-state index contributed by atoms with van der Waals surface area (Å²) in [5.41, 5.74) is 5.16. The van der Waals surface area contributed by atoms with Gasteiger partial charge in [0.15, 0.2) is 0 Å². The topological polar surface area (TPSA) is 35.2 Å². The van der Waals surface area contributed by atoms with Gasteiger partial charge in [-0.2, -0.15) is 0 Å². The molecule has 2 heteroatoms. The first-order valence-electron chi connectivity index (χ1n) is 1.95. The second-order valence-electron chi connectivity index (χ2n) is 1.24. The SMILES string of the molecule is NCC1C=CO1. The molecule has 1 aliphatic rings. The minimum Gasteiger partial charge on any atom is -0.493 e.